The highest BCUT2D eigenvalue weighted by Crippen LogP contribution is 2.34. The van der Waals surface area contributed by atoms with Gasteiger partial charge in [-0.25, -0.2) is 0 Å². The average molecular weight is 399 g/mol. The molecule has 0 aliphatic heterocycles. The van der Waals surface area contributed by atoms with Gasteiger partial charge in [0.25, 0.3) is 0 Å². The van der Waals surface area contributed by atoms with Crippen molar-refractivity contribution >= 4 is 44.8 Å². The van der Waals surface area contributed by atoms with Gasteiger partial charge in [-0.1, -0.05) is 45.1 Å². The fraction of sp³-hybridized carbons (Fsp3) is 0.176. The van der Waals surface area contributed by atoms with E-state index in [2.05, 4.69) is 33.2 Å². The van der Waals surface area contributed by atoms with Gasteiger partial charge in [0.1, 0.15) is 6.61 Å². The smallest absolute Gasteiger partial charge is 0.157 e. The van der Waals surface area contributed by atoms with Gasteiger partial charge in [-0.15, -0.1) is 6.42 Å². The number of hydrogen-bond donors (Lipinski definition) is 1. The predicted molar refractivity (Wildman–Crippen MR) is 97.0 cm³/mol. The molecule has 0 aliphatic carbocycles. The van der Waals surface area contributed by atoms with E-state index in [1.165, 1.54) is 0 Å². The summed E-state index contributed by atoms with van der Waals surface area (Å²) in [4.78, 5) is 0. The number of rotatable bonds is 5. The van der Waals surface area contributed by atoms with Crippen LogP contribution < -0.4 is 10.1 Å². The van der Waals surface area contributed by atoms with Crippen LogP contribution in [0, 0.1) is 19.3 Å². The van der Waals surface area contributed by atoms with Crippen LogP contribution in [0.25, 0.3) is 0 Å². The molecule has 0 unspecified atom stereocenters. The second kappa shape index (κ2) is 7.78. The highest BCUT2D eigenvalue weighted by atomic mass is 79.9. The van der Waals surface area contributed by atoms with E-state index in [0.29, 0.717) is 22.3 Å². The van der Waals surface area contributed by atoms with Crippen molar-refractivity contribution in [1.82, 2.24) is 0 Å². The second-order valence-corrected chi connectivity index (χ2v) is 6.42. The van der Waals surface area contributed by atoms with Gasteiger partial charge in [0, 0.05) is 16.7 Å². The fourth-order valence-corrected chi connectivity index (χ4v) is 3.11. The first-order chi connectivity index (χ1) is 10.5. The molecule has 114 valence electrons. The summed E-state index contributed by atoms with van der Waals surface area (Å²) in [5.41, 5.74) is 3.18. The lowest BCUT2D eigenvalue weighted by atomic mass is 10.1. The van der Waals surface area contributed by atoms with E-state index < -0.39 is 0 Å². The molecule has 2 rings (SSSR count). The molecular formula is C17H14BrCl2NO. The predicted octanol–water partition coefficient (Wildman–Crippen LogP) is 5.69. The van der Waals surface area contributed by atoms with Crippen LogP contribution in [0.4, 0.5) is 5.69 Å². The molecular weight excluding hydrogens is 385 g/mol. The number of benzene rings is 2. The quantitative estimate of drug-likeness (QED) is 0.653. The zero-order chi connectivity index (χ0) is 16.1. The monoisotopic (exact) mass is 397 g/mol. The molecule has 1 N–H and O–H groups in total. The van der Waals surface area contributed by atoms with Gasteiger partial charge >= 0.3 is 0 Å². The summed E-state index contributed by atoms with van der Waals surface area (Å²) in [7, 11) is 0. The van der Waals surface area contributed by atoms with Crippen LogP contribution in [-0.2, 0) is 6.54 Å². The third-order valence-corrected chi connectivity index (χ3v) is 4.08. The maximum absolute atomic E-state index is 6.19. The van der Waals surface area contributed by atoms with Gasteiger partial charge in [0.15, 0.2) is 5.75 Å². The van der Waals surface area contributed by atoms with Gasteiger partial charge in [0.2, 0.25) is 0 Å². The van der Waals surface area contributed by atoms with E-state index in [4.69, 9.17) is 34.4 Å². The Morgan fingerprint density at radius 2 is 1.91 bits per heavy atom. The van der Waals surface area contributed by atoms with Crippen molar-refractivity contribution in [2.24, 2.45) is 0 Å². The minimum atomic E-state index is 0.134. The molecule has 0 amide bonds. The van der Waals surface area contributed by atoms with Crippen molar-refractivity contribution in [1.29, 1.82) is 0 Å². The lowest BCUT2D eigenvalue weighted by Gasteiger charge is -2.13. The number of terminal acetylenes is 1. The first-order valence-corrected chi connectivity index (χ1v) is 8.10. The summed E-state index contributed by atoms with van der Waals surface area (Å²) >= 11 is 15.8. The topological polar surface area (TPSA) is 21.3 Å². The highest BCUT2D eigenvalue weighted by Gasteiger charge is 2.10. The largest absolute Gasteiger partial charge is 0.478 e. The minimum Gasteiger partial charge on any atom is -0.478 e. The summed E-state index contributed by atoms with van der Waals surface area (Å²) in [5, 5.41) is 4.26. The number of aryl methyl sites for hydroxylation is 1. The van der Waals surface area contributed by atoms with Crippen molar-refractivity contribution in [3.8, 4) is 18.1 Å². The van der Waals surface area contributed by atoms with Gasteiger partial charge in [-0.3, -0.25) is 0 Å². The zero-order valence-corrected chi connectivity index (χ0v) is 15.0. The Balaban J connectivity index is 2.12. The van der Waals surface area contributed by atoms with E-state index in [9.17, 15) is 0 Å². The molecule has 2 aromatic rings. The summed E-state index contributed by atoms with van der Waals surface area (Å²) in [6, 6.07) is 9.71. The standard InChI is InChI=1S/C17H14BrCl2NO/c1-3-6-22-17-14(19)8-12(9-15(17)20)10-21-16-5-4-13(18)7-11(16)2/h1,4-5,7-9,21H,6,10H2,2H3. The molecule has 0 aliphatic rings. The normalized spacial score (nSPS) is 10.1. The first-order valence-electron chi connectivity index (χ1n) is 6.55. The van der Waals surface area contributed by atoms with Gasteiger partial charge in [0.05, 0.1) is 10.0 Å². The van der Waals surface area contributed by atoms with Gasteiger partial charge in [-0.05, 0) is 48.4 Å². The van der Waals surface area contributed by atoms with Crippen molar-refractivity contribution in [3.05, 3.63) is 56.0 Å². The van der Waals surface area contributed by atoms with Crippen molar-refractivity contribution in [3.63, 3.8) is 0 Å². The number of hydrogen-bond acceptors (Lipinski definition) is 2. The molecule has 0 spiro atoms. The number of ether oxygens (including phenoxy) is 1. The van der Waals surface area contributed by atoms with E-state index in [1.807, 2.05) is 31.2 Å². The van der Waals surface area contributed by atoms with Crippen molar-refractivity contribution < 1.29 is 4.74 Å². The summed E-state index contributed by atoms with van der Waals surface area (Å²) in [5.74, 6) is 2.81. The third kappa shape index (κ3) is 4.33. The Morgan fingerprint density at radius 3 is 2.50 bits per heavy atom. The van der Waals surface area contributed by atoms with E-state index >= 15 is 0 Å². The number of halogens is 3. The molecule has 0 aromatic heterocycles. The molecule has 0 heterocycles. The van der Waals surface area contributed by atoms with Crippen LogP contribution in [-0.4, -0.2) is 6.61 Å². The first kappa shape index (κ1) is 17.0. The Kier molecular flexibility index (Phi) is 6.02. The van der Waals surface area contributed by atoms with Crippen LogP contribution in [0.5, 0.6) is 5.75 Å². The van der Waals surface area contributed by atoms with E-state index in [1.54, 1.807) is 0 Å². The van der Waals surface area contributed by atoms with Crippen molar-refractivity contribution in [2.75, 3.05) is 11.9 Å². The highest BCUT2D eigenvalue weighted by molar-refractivity contribution is 9.10. The third-order valence-electron chi connectivity index (χ3n) is 3.03. The molecule has 2 aromatic carbocycles. The van der Waals surface area contributed by atoms with Gasteiger partial charge in [-0.2, -0.15) is 0 Å². The molecule has 22 heavy (non-hydrogen) atoms. The maximum atomic E-state index is 6.19. The van der Waals surface area contributed by atoms with Crippen LogP contribution in [0.3, 0.4) is 0 Å². The minimum absolute atomic E-state index is 0.134. The molecule has 2 nitrogen and oxygen atoms in total. The Morgan fingerprint density at radius 1 is 1.23 bits per heavy atom. The Hall–Kier alpha value is -1.34. The van der Waals surface area contributed by atoms with E-state index in [-0.39, 0.29) is 6.61 Å². The molecule has 0 saturated heterocycles. The van der Waals surface area contributed by atoms with Crippen LogP contribution in [0.2, 0.25) is 10.0 Å². The summed E-state index contributed by atoms with van der Waals surface area (Å²) < 4.78 is 6.39. The molecule has 5 heteroatoms. The number of nitrogens with one attached hydrogen (secondary N) is 1. The van der Waals surface area contributed by atoms with Gasteiger partial charge < -0.3 is 10.1 Å². The molecule has 0 radical (unpaired) electrons. The molecule has 0 saturated carbocycles. The lowest BCUT2D eigenvalue weighted by Crippen LogP contribution is -2.02. The fourth-order valence-electron chi connectivity index (χ4n) is 1.99. The summed E-state index contributed by atoms with van der Waals surface area (Å²) in [6.07, 6.45) is 5.17. The summed E-state index contributed by atoms with van der Waals surface area (Å²) in [6.45, 7) is 2.79. The average Bonchev–Trinajstić information content (AvgIpc) is 2.45. The lowest BCUT2D eigenvalue weighted by molar-refractivity contribution is 0.371. The Bertz CT molecular complexity index is 702. The maximum Gasteiger partial charge on any atom is 0.157 e. The molecule has 0 fully saturated rings. The number of anilines is 1. The SMILES string of the molecule is C#CCOc1c(Cl)cc(CNc2ccc(Br)cc2C)cc1Cl. The van der Waals surface area contributed by atoms with Crippen LogP contribution in [0.1, 0.15) is 11.1 Å². The zero-order valence-electron chi connectivity index (χ0n) is 11.9. The van der Waals surface area contributed by atoms with E-state index in [0.717, 1.165) is 21.3 Å². The van der Waals surface area contributed by atoms with Crippen LogP contribution in [0.15, 0.2) is 34.8 Å². The van der Waals surface area contributed by atoms with Crippen LogP contribution >= 0.6 is 39.1 Å². The second-order valence-electron chi connectivity index (χ2n) is 4.69. The molecule has 0 atom stereocenters. The Labute approximate surface area is 148 Å². The molecule has 0 bridgehead atoms. The van der Waals surface area contributed by atoms with Crippen molar-refractivity contribution in [2.45, 2.75) is 13.5 Å².